The molecule has 0 heterocycles. The lowest BCUT2D eigenvalue weighted by atomic mass is 10.0. The van der Waals surface area contributed by atoms with Crippen LogP contribution in [0.2, 0.25) is 0 Å². The van der Waals surface area contributed by atoms with Crippen molar-refractivity contribution in [3.8, 4) is 0 Å². The van der Waals surface area contributed by atoms with Crippen LogP contribution in [0.1, 0.15) is 27.7 Å². The van der Waals surface area contributed by atoms with E-state index in [1.165, 1.54) is 13.8 Å². The van der Waals surface area contributed by atoms with Crippen molar-refractivity contribution >= 4 is 13.5 Å². The maximum atomic E-state index is 11.5. The third kappa shape index (κ3) is 3.91. The lowest BCUT2D eigenvalue weighted by molar-refractivity contribution is -0.124. The van der Waals surface area contributed by atoms with Crippen LogP contribution in [-0.4, -0.2) is 27.0 Å². The van der Waals surface area contributed by atoms with Gasteiger partial charge in [-0.05, 0) is 19.8 Å². The zero-order chi connectivity index (χ0) is 12.4. The van der Waals surface area contributed by atoms with Crippen molar-refractivity contribution in [2.24, 2.45) is 11.7 Å². The zero-order valence-corrected chi connectivity index (χ0v) is 10.3. The van der Waals surface area contributed by atoms with Gasteiger partial charge in [-0.1, -0.05) is 13.8 Å². The molecule has 0 aliphatic heterocycles. The van der Waals surface area contributed by atoms with Crippen molar-refractivity contribution in [2.45, 2.75) is 39.0 Å². The van der Waals surface area contributed by atoms with E-state index >= 15 is 0 Å². The van der Waals surface area contributed by atoms with Crippen LogP contribution < -0.4 is 11.1 Å². The van der Waals surface area contributed by atoms with Crippen LogP contribution in [0.3, 0.4) is 0 Å². The monoisotopic (exact) mass is 238 g/mol. The summed E-state index contributed by atoms with van der Waals surface area (Å²) in [6.45, 7) is 6.04. The van der Waals surface area contributed by atoms with E-state index in [2.05, 4.69) is 5.32 Å². The van der Waals surface area contributed by atoms with Gasteiger partial charge in [0.15, 0.2) is 0 Å². The Bertz CT molecular complexity index is 284. The van der Waals surface area contributed by atoms with Crippen LogP contribution in [0.15, 0.2) is 0 Å². The van der Waals surface area contributed by atoms with Crippen LogP contribution in [0.5, 0.6) is 0 Å². The van der Waals surface area contributed by atoms with Gasteiger partial charge < -0.3 is 20.8 Å². The number of carbonyl (C=O) groups excluding carboxylic acids is 1. The van der Waals surface area contributed by atoms with Gasteiger partial charge >= 0.3 is 7.60 Å². The number of rotatable bonds is 4. The van der Waals surface area contributed by atoms with Gasteiger partial charge in [0.05, 0.1) is 6.04 Å². The number of amides is 1. The number of carbonyl (C=O) groups is 1. The first-order valence-electron chi connectivity index (χ1n) is 4.62. The second kappa shape index (κ2) is 4.61. The predicted octanol–water partition coefficient (Wildman–Crippen LogP) is -0.000300. The molecular formula is C8H19N2O4P. The second-order valence-corrected chi connectivity index (χ2v) is 6.57. The summed E-state index contributed by atoms with van der Waals surface area (Å²) in [7, 11) is -4.38. The van der Waals surface area contributed by atoms with Crippen LogP contribution in [0, 0.1) is 5.92 Å². The Morgan fingerprint density at radius 3 is 2.07 bits per heavy atom. The normalized spacial score (nSPS) is 15.2. The number of hydrogen-bond donors (Lipinski definition) is 4. The standard InChI is InChI=1S/C8H19N2O4P/c1-5(2)6(9)7(11)10-8(3,4)15(12,13)14/h5-6H,9H2,1-4H3,(H,10,11)(H2,12,13,14)/t6-/m0/s1. The Morgan fingerprint density at radius 2 is 1.80 bits per heavy atom. The van der Waals surface area contributed by atoms with E-state index in [1.54, 1.807) is 13.8 Å². The van der Waals surface area contributed by atoms with E-state index in [1.807, 2.05) is 0 Å². The first kappa shape index (κ1) is 14.6. The lowest BCUT2D eigenvalue weighted by Gasteiger charge is -2.29. The number of nitrogens with one attached hydrogen (secondary N) is 1. The second-order valence-electron chi connectivity index (χ2n) is 4.36. The van der Waals surface area contributed by atoms with Gasteiger partial charge in [0.2, 0.25) is 5.91 Å². The van der Waals surface area contributed by atoms with Crippen molar-refractivity contribution in [1.29, 1.82) is 0 Å². The van der Waals surface area contributed by atoms with Crippen LogP contribution in [-0.2, 0) is 9.36 Å². The predicted molar refractivity (Wildman–Crippen MR) is 57.1 cm³/mol. The van der Waals surface area contributed by atoms with Crippen LogP contribution >= 0.6 is 7.60 Å². The molecule has 0 aliphatic carbocycles. The van der Waals surface area contributed by atoms with Gasteiger partial charge in [-0.3, -0.25) is 9.36 Å². The molecule has 0 aliphatic rings. The van der Waals surface area contributed by atoms with Crippen molar-refractivity contribution in [1.82, 2.24) is 5.32 Å². The summed E-state index contributed by atoms with van der Waals surface area (Å²) in [5.41, 5.74) is 5.55. The molecule has 0 saturated heterocycles. The molecule has 0 fully saturated rings. The van der Waals surface area contributed by atoms with Crippen molar-refractivity contribution in [3.05, 3.63) is 0 Å². The van der Waals surface area contributed by atoms with E-state index in [9.17, 15) is 9.36 Å². The quantitative estimate of drug-likeness (QED) is 0.515. The third-order valence-electron chi connectivity index (χ3n) is 2.18. The molecule has 0 rings (SSSR count). The molecular weight excluding hydrogens is 219 g/mol. The molecule has 90 valence electrons. The molecule has 15 heavy (non-hydrogen) atoms. The van der Waals surface area contributed by atoms with E-state index < -0.39 is 24.8 Å². The van der Waals surface area contributed by atoms with Gasteiger partial charge in [0.1, 0.15) is 5.28 Å². The zero-order valence-electron chi connectivity index (χ0n) is 9.39. The SMILES string of the molecule is CC(C)[C@H](N)C(=O)NC(C)(C)P(=O)(O)O. The largest absolute Gasteiger partial charge is 0.350 e. The minimum Gasteiger partial charge on any atom is -0.339 e. The summed E-state index contributed by atoms with van der Waals surface area (Å²) in [5, 5.41) is 0.664. The Kier molecular flexibility index (Phi) is 4.49. The molecule has 1 amide bonds. The maximum Gasteiger partial charge on any atom is 0.350 e. The molecule has 0 saturated carbocycles. The highest BCUT2D eigenvalue weighted by atomic mass is 31.2. The summed E-state index contributed by atoms with van der Waals surface area (Å²) in [6, 6.07) is -0.768. The average molecular weight is 238 g/mol. The molecule has 7 heteroatoms. The average Bonchev–Trinajstić information content (AvgIpc) is 1.99. The van der Waals surface area contributed by atoms with Gasteiger partial charge in [-0.25, -0.2) is 0 Å². The van der Waals surface area contributed by atoms with Gasteiger partial charge in [0.25, 0.3) is 0 Å². The molecule has 6 nitrogen and oxygen atoms in total. The molecule has 5 N–H and O–H groups in total. The molecule has 0 aromatic heterocycles. The van der Waals surface area contributed by atoms with E-state index in [0.717, 1.165) is 0 Å². The summed E-state index contributed by atoms with van der Waals surface area (Å²) >= 11 is 0. The molecule has 0 radical (unpaired) electrons. The smallest absolute Gasteiger partial charge is 0.339 e. The van der Waals surface area contributed by atoms with Gasteiger partial charge in [0, 0.05) is 0 Å². The summed E-state index contributed by atoms with van der Waals surface area (Å²) < 4.78 is 11.0. The van der Waals surface area contributed by atoms with Crippen LogP contribution in [0.25, 0.3) is 0 Å². The van der Waals surface area contributed by atoms with E-state index in [0.29, 0.717) is 0 Å². The summed E-state index contributed by atoms with van der Waals surface area (Å²) in [4.78, 5) is 29.4. The molecule has 1 atom stereocenters. The minimum atomic E-state index is -4.38. The number of nitrogens with two attached hydrogens (primary N) is 1. The highest BCUT2D eigenvalue weighted by molar-refractivity contribution is 7.53. The molecule has 0 unspecified atom stereocenters. The highest BCUT2D eigenvalue weighted by Crippen LogP contribution is 2.48. The van der Waals surface area contributed by atoms with Crippen molar-refractivity contribution in [2.75, 3.05) is 0 Å². The molecule has 0 aromatic rings. The van der Waals surface area contributed by atoms with Gasteiger partial charge in [-0.15, -0.1) is 0 Å². The summed E-state index contributed by atoms with van der Waals surface area (Å²) in [5.74, 6) is -0.643. The Balaban J connectivity index is 4.62. The Labute approximate surface area is 89.4 Å². The summed E-state index contributed by atoms with van der Waals surface area (Å²) in [6.07, 6.45) is 0. The first-order chi connectivity index (χ1) is 6.49. The third-order valence-corrected chi connectivity index (χ3v) is 3.75. The van der Waals surface area contributed by atoms with Crippen molar-refractivity contribution < 1.29 is 19.1 Å². The fourth-order valence-electron chi connectivity index (χ4n) is 0.760. The lowest BCUT2D eigenvalue weighted by Crippen LogP contribution is -2.51. The molecule has 0 aromatic carbocycles. The fraction of sp³-hybridized carbons (Fsp3) is 0.875. The topological polar surface area (TPSA) is 113 Å². The van der Waals surface area contributed by atoms with E-state index in [-0.39, 0.29) is 5.92 Å². The number of hydrogen-bond acceptors (Lipinski definition) is 3. The van der Waals surface area contributed by atoms with E-state index in [4.69, 9.17) is 15.5 Å². The minimum absolute atomic E-state index is 0.0856. The Morgan fingerprint density at radius 1 is 1.40 bits per heavy atom. The first-order valence-corrected chi connectivity index (χ1v) is 6.23. The van der Waals surface area contributed by atoms with Crippen molar-refractivity contribution in [3.63, 3.8) is 0 Å². The highest BCUT2D eigenvalue weighted by Gasteiger charge is 2.40. The van der Waals surface area contributed by atoms with Crippen LogP contribution in [0.4, 0.5) is 0 Å². The Hall–Kier alpha value is -0.420. The fourth-order valence-corrected chi connectivity index (χ4v) is 1.02. The molecule has 0 bridgehead atoms. The maximum absolute atomic E-state index is 11.5. The molecule has 0 spiro atoms. The van der Waals surface area contributed by atoms with Gasteiger partial charge in [-0.2, -0.15) is 0 Å².